The highest BCUT2D eigenvalue weighted by atomic mass is 16.2. The van der Waals surface area contributed by atoms with Crippen LogP contribution in [-0.4, -0.2) is 38.9 Å². The molecule has 0 aliphatic carbocycles. The molecular formula is C21H25N5O. The van der Waals surface area contributed by atoms with E-state index in [1.807, 2.05) is 42.5 Å². The van der Waals surface area contributed by atoms with Crippen LogP contribution in [0.1, 0.15) is 35.5 Å². The Hall–Kier alpha value is -2.99. The van der Waals surface area contributed by atoms with Gasteiger partial charge < -0.3 is 5.32 Å². The van der Waals surface area contributed by atoms with Gasteiger partial charge in [-0.05, 0) is 36.3 Å². The van der Waals surface area contributed by atoms with Crippen LogP contribution in [0.5, 0.6) is 0 Å². The second kappa shape index (κ2) is 9.09. The number of hydrogen-bond donors (Lipinski definition) is 1. The first kappa shape index (κ1) is 18.8. The molecule has 1 heterocycles. The molecule has 3 rings (SSSR count). The highest BCUT2D eigenvalue weighted by Crippen LogP contribution is 2.12. The Bertz CT molecular complexity index is 871. The van der Waals surface area contributed by atoms with Crippen molar-refractivity contribution in [2.24, 2.45) is 0 Å². The highest BCUT2D eigenvalue weighted by Gasteiger charge is 2.12. The van der Waals surface area contributed by atoms with Crippen molar-refractivity contribution in [3.05, 3.63) is 77.6 Å². The van der Waals surface area contributed by atoms with Crippen LogP contribution >= 0.6 is 0 Å². The SMILES string of the molecule is CCN(CC)Cc1ccccc1CNC(=O)c1cnn(-c2ccccc2)n1. The van der Waals surface area contributed by atoms with Crippen molar-refractivity contribution in [1.29, 1.82) is 0 Å². The molecule has 3 aromatic rings. The molecule has 1 N–H and O–H groups in total. The van der Waals surface area contributed by atoms with Crippen LogP contribution in [0.25, 0.3) is 5.69 Å². The van der Waals surface area contributed by atoms with E-state index in [1.54, 1.807) is 0 Å². The fourth-order valence-electron chi connectivity index (χ4n) is 2.89. The molecule has 0 spiro atoms. The number of rotatable bonds is 8. The van der Waals surface area contributed by atoms with E-state index >= 15 is 0 Å². The van der Waals surface area contributed by atoms with Gasteiger partial charge in [0, 0.05) is 13.1 Å². The zero-order chi connectivity index (χ0) is 19.1. The summed E-state index contributed by atoms with van der Waals surface area (Å²) in [5.41, 5.74) is 3.48. The summed E-state index contributed by atoms with van der Waals surface area (Å²) in [4.78, 5) is 16.3. The van der Waals surface area contributed by atoms with Crippen LogP contribution < -0.4 is 5.32 Å². The van der Waals surface area contributed by atoms with Gasteiger partial charge in [0.15, 0.2) is 5.69 Å². The summed E-state index contributed by atoms with van der Waals surface area (Å²) in [5.74, 6) is -0.227. The van der Waals surface area contributed by atoms with Crippen LogP contribution in [0.2, 0.25) is 0 Å². The quantitative estimate of drug-likeness (QED) is 0.668. The predicted octanol–water partition coefficient (Wildman–Crippen LogP) is 3.04. The van der Waals surface area contributed by atoms with Crippen molar-refractivity contribution in [3.8, 4) is 5.69 Å². The maximum Gasteiger partial charge on any atom is 0.273 e. The Morgan fingerprint density at radius 1 is 1.00 bits per heavy atom. The molecule has 0 radical (unpaired) electrons. The lowest BCUT2D eigenvalue weighted by Crippen LogP contribution is -2.26. The van der Waals surface area contributed by atoms with E-state index in [1.165, 1.54) is 16.6 Å². The lowest BCUT2D eigenvalue weighted by atomic mass is 10.1. The largest absolute Gasteiger partial charge is 0.347 e. The summed E-state index contributed by atoms with van der Waals surface area (Å²) in [6.45, 7) is 7.66. The van der Waals surface area contributed by atoms with Crippen molar-refractivity contribution < 1.29 is 4.79 Å². The topological polar surface area (TPSA) is 63.1 Å². The second-order valence-corrected chi connectivity index (χ2v) is 6.27. The molecule has 0 bridgehead atoms. The molecule has 6 nitrogen and oxygen atoms in total. The molecular weight excluding hydrogens is 338 g/mol. The average molecular weight is 363 g/mol. The van der Waals surface area contributed by atoms with Gasteiger partial charge in [0.25, 0.3) is 5.91 Å². The number of carbonyl (C=O) groups excluding carboxylic acids is 1. The second-order valence-electron chi connectivity index (χ2n) is 6.27. The van der Waals surface area contributed by atoms with Gasteiger partial charge in [0.2, 0.25) is 0 Å². The fraction of sp³-hybridized carbons (Fsp3) is 0.286. The normalized spacial score (nSPS) is 10.9. The summed E-state index contributed by atoms with van der Waals surface area (Å²) in [6.07, 6.45) is 1.49. The van der Waals surface area contributed by atoms with Gasteiger partial charge in [0.05, 0.1) is 11.9 Å². The van der Waals surface area contributed by atoms with E-state index in [4.69, 9.17) is 0 Å². The highest BCUT2D eigenvalue weighted by molar-refractivity contribution is 5.91. The van der Waals surface area contributed by atoms with Crippen LogP contribution in [0, 0.1) is 0 Å². The predicted molar refractivity (Wildman–Crippen MR) is 106 cm³/mol. The molecule has 6 heteroatoms. The molecule has 0 atom stereocenters. The molecule has 2 aromatic carbocycles. The molecule has 27 heavy (non-hydrogen) atoms. The van der Waals surface area contributed by atoms with E-state index < -0.39 is 0 Å². The van der Waals surface area contributed by atoms with Gasteiger partial charge in [-0.2, -0.15) is 9.90 Å². The van der Waals surface area contributed by atoms with Gasteiger partial charge in [-0.3, -0.25) is 9.69 Å². The summed E-state index contributed by atoms with van der Waals surface area (Å²) < 4.78 is 0. The zero-order valence-electron chi connectivity index (χ0n) is 15.8. The lowest BCUT2D eigenvalue weighted by Gasteiger charge is -2.20. The smallest absolute Gasteiger partial charge is 0.273 e. The number of carbonyl (C=O) groups is 1. The molecule has 1 amide bonds. The van der Waals surface area contributed by atoms with E-state index in [2.05, 4.69) is 46.4 Å². The summed E-state index contributed by atoms with van der Waals surface area (Å²) in [6, 6.07) is 17.7. The number of nitrogens with one attached hydrogen (secondary N) is 1. The maximum absolute atomic E-state index is 12.5. The van der Waals surface area contributed by atoms with E-state index in [0.29, 0.717) is 12.2 Å². The van der Waals surface area contributed by atoms with Crippen molar-refractivity contribution in [1.82, 2.24) is 25.2 Å². The Morgan fingerprint density at radius 2 is 1.67 bits per heavy atom. The molecule has 0 fully saturated rings. The number of aromatic nitrogens is 3. The van der Waals surface area contributed by atoms with E-state index in [0.717, 1.165) is 30.9 Å². The van der Waals surface area contributed by atoms with E-state index in [-0.39, 0.29) is 5.91 Å². The monoisotopic (exact) mass is 363 g/mol. The molecule has 0 saturated carbocycles. The van der Waals surface area contributed by atoms with E-state index in [9.17, 15) is 4.79 Å². The first-order valence-corrected chi connectivity index (χ1v) is 9.26. The fourth-order valence-corrected chi connectivity index (χ4v) is 2.89. The Balaban J connectivity index is 1.65. The number of para-hydroxylation sites is 1. The van der Waals surface area contributed by atoms with Gasteiger partial charge >= 0.3 is 0 Å². The molecule has 0 unspecified atom stereocenters. The van der Waals surface area contributed by atoms with Crippen molar-refractivity contribution >= 4 is 5.91 Å². The molecule has 0 aliphatic heterocycles. The minimum atomic E-state index is -0.227. The maximum atomic E-state index is 12.5. The van der Waals surface area contributed by atoms with Crippen LogP contribution in [-0.2, 0) is 13.1 Å². The zero-order valence-corrected chi connectivity index (χ0v) is 15.8. The first-order chi connectivity index (χ1) is 13.2. The van der Waals surface area contributed by atoms with Crippen LogP contribution in [0.4, 0.5) is 0 Å². The van der Waals surface area contributed by atoms with Gasteiger partial charge in [-0.25, -0.2) is 0 Å². The number of nitrogens with zero attached hydrogens (tertiary/aromatic N) is 4. The standard InChI is InChI=1S/C21H25N5O/c1-3-25(4-2)16-18-11-9-8-10-17(18)14-22-21(27)20-15-23-26(24-20)19-12-6-5-7-13-19/h5-13,15H,3-4,14,16H2,1-2H3,(H,22,27). The number of amides is 1. The summed E-state index contributed by atoms with van der Waals surface area (Å²) in [5, 5.41) is 11.4. The Kier molecular flexibility index (Phi) is 6.33. The summed E-state index contributed by atoms with van der Waals surface area (Å²) >= 11 is 0. The third-order valence-electron chi connectivity index (χ3n) is 4.56. The van der Waals surface area contributed by atoms with Crippen molar-refractivity contribution in [2.45, 2.75) is 26.9 Å². The van der Waals surface area contributed by atoms with Crippen LogP contribution in [0.3, 0.4) is 0 Å². The summed E-state index contributed by atoms with van der Waals surface area (Å²) in [7, 11) is 0. The Labute approximate surface area is 159 Å². The van der Waals surface area contributed by atoms with Gasteiger partial charge in [-0.15, -0.1) is 5.10 Å². The molecule has 0 saturated heterocycles. The van der Waals surface area contributed by atoms with Gasteiger partial charge in [-0.1, -0.05) is 56.3 Å². The molecule has 0 aliphatic rings. The van der Waals surface area contributed by atoms with Crippen LogP contribution in [0.15, 0.2) is 60.8 Å². The lowest BCUT2D eigenvalue weighted by molar-refractivity contribution is 0.0945. The minimum absolute atomic E-state index is 0.227. The third kappa shape index (κ3) is 4.80. The average Bonchev–Trinajstić information content (AvgIpc) is 3.22. The van der Waals surface area contributed by atoms with Gasteiger partial charge in [0.1, 0.15) is 0 Å². The third-order valence-corrected chi connectivity index (χ3v) is 4.56. The van der Waals surface area contributed by atoms with Crippen molar-refractivity contribution in [2.75, 3.05) is 13.1 Å². The molecule has 140 valence electrons. The minimum Gasteiger partial charge on any atom is -0.347 e. The molecule has 1 aromatic heterocycles. The Morgan fingerprint density at radius 3 is 2.37 bits per heavy atom. The number of benzene rings is 2. The first-order valence-electron chi connectivity index (χ1n) is 9.26. The number of hydrogen-bond acceptors (Lipinski definition) is 4. The van der Waals surface area contributed by atoms with Crippen molar-refractivity contribution in [3.63, 3.8) is 0 Å².